The molecular formula is C18H21N3OS. The van der Waals surface area contributed by atoms with E-state index in [9.17, 15) is 4.79 Å². The molecule has 0 spiro atoms. The second-order valence-corrected chi connectivity index (χ2v) is 7.58. The summed E-state index contributed by atoms with van der Waals surface area (Å²) in [6.07, 6.45) is 6.46. The van der Waals surface area contributed by atoms with Crippen molar-refractivity contribution in [3.05, 3.63) is 52.5 Å². The van der Waals surface area contributed by atoms with Crippen LogP contribution in [0.2, 0.25) is 0 Å². The van der Waals surface area contributed by atoms with Crippen LogP contribution in [0.3, 0.4) is 0 Å². The molecule has 2 fully saturated rings. The van der Waals surface area contributed by atoms with Gasteiger partial charge >= 0.3 is 6.03 Å². The summed E-state index contributed by atoms with van der Waals surface area (Å²) in [6.45, 7) is 0.706. The van der Waals surface area contributed by atoms with Gasteiger partial charge in [-0.05, 0) is 37.2 Å². The average Bonchev–Trinajstić information content (AvgIpc) is 3.51. The topological polar surface area (TPSA) is 54.0 Å². The first kappa shape index (κ1) is 14.7. The van der Waals surface area contributed by atoms with Crippen molar-refractivity contribution >= 4 is 17.4 Å². The van der Waals surface area contributed by atoms with E-state index < -0.39 is 0 Å². The van der Waals surface area contributed by atoms with E-state index >= 15 is 0 Å². The fourth-order valence-electron chi connectivity index (χ4n) is 3.15. The molecule has 2 saturated carbocycles. The number of amides is 2. The van der Waals surface area contributed by atoms with Crippen molar-refractivity contribution in [3.63, 3.8) is 0 Å². The van der Waals surface area contributed by atoms with Gasteiger partial charge in [0.2, 0.25) is 0 Å². The Labute approximate surface area is 140 Å². The van der Waals surface area contributed by atoms with Crippen molar-refractivity contribution in [1.29, 1.82) is 0 Å². The molecular weight excluding hydrogens is 306 g/mol. The van der Waals surface area contributed by atoms with E-state index in [-0.39, 0.29) is 17.5 Å². The van der Waals surface area contributed by atoms with Crippen molar-refractivity contribution in [3.8, 4) is 0 Å². The van der Waals surface area contributed by atoms with Gasteiger partial charge in [-0.15, -0.1) is 11.3 Å². The molecule has 2 N–H and O–H groups in total. The predicted molar refractivity (Wildman–Crippen MR) is 91.5 cm³/mol. The zero-order valence-electron chi connectivity index (χ0n) is 13.0. The molecule has 0 aliphatic heterocycles. The fraction of sp³-hybridized carbons (Fsp3) is 0.444. The number of aromatic nitrogens is 1. The van der Waals surface area contributed by atoms with Crippen LogP contribution < -0.4 is 10.6 Å². The van der Waals surface area contributed by atoms with Crippen LogP contribution in [-0.4, -0.2) is 17.6 Å². The Hall–Kier alpha value is -1.88. The number of urea groups is 1. The van der Waals surface area contributed by atoms with Crippen LogP contribution in [0.15, 0.2) is 41.9 Å². The highest BCUT2D eigenvalue weighted by molar-refractivity contribution is 7.09. The molecule has 1 aromatic carbocycles. The maximum absolute atomic E-state index is 12.3. The van der Waals surface area contributed by atoms with Gasteiger partial charge in [0.1, 0.15) is 5.01 Å². The van der Waals surface area contributed by atoms with Crippen LogP contribution in [0.4, 0.5) is 4.79 Å². The summed E-state index contributed by atoms with van der Waals surface area (Å²) < 4.78 is 0. The lowest BCUT2D eigenvalue weighted by atomic mass is 9.96. The first-order chi connectivity index (χ1) is 11.3. The van der Waals surface area contributed by atoms with Gasteiger partial charge in [-0.25, -0.2) is 9.78 Å². The third-order valence-corrected chi connectivity index (χ3v) is 5.78. The van der Waals surface area contributed by atoms with E-state index in [4.69, 9.17) is 0 Å². The molecule has 5 heteroatoms. The molecule has 4 rings (SSSR count). The molecule has 120 valence electrons. The minimum atomic E-state index is -0.0701. The van der Waals surface area contributed by atoms with Crippen LogP contribution in [0, 0.1) is 5.92 Å². The van der Waals surface area contributed by atoms with Gasteiger partial charge in [0.15, 0.2) is 0 Å². The van der Waals surface area contributed by atoms with Gasteiger partial charge in [-0.2, -0.15) is 0 Å². The van der Waals surface area contributed by atoms with E-state index in [0.29, 0.717) is 12.5 Å². The maximum atomic E-state index is 12.3. The molecule has 0 bridgehead atoms. The maximum Gasteiger partial charge on any atom is 0.315 e. The number of hydrogen-bond donors (Lipinski definition) is 2. The number of benzene rings is 1. The minimum absolute atomic E-state index is 0.0701. The summed E-state index contributed by atoms with van der Waals surface area (Å²) in [5, 5.41) is 9.21. The van der Waals surface area contributed by atoms with Gasteiger partial charge < -0.3 is 10.6 Å². The smallest absolute Gasteiger partial charge is 0.315 e. The number of rotatable bonds is 6. The van der Waals surface area contributed by atoms with Crippen LogP contribution in [-0.2, 0) is 5.41 Å². The number of carbonyl (C=O) groups excluding carboxylic acids is 1. The molecule has 2 aliphatic rings. The second-order valence-electron chi connectivity index (χ2n) is 6.66. The van der Waals surface area contributed by atoms with E-state index in [0.717, 1.165) is 17.8 Å². The standard InChI is InChI=1S/C18H21N3OS/c22-17(21-15(13-6-7-13)16-19-10-11-23-16)20-12-18(8-9-18)14-4-2-1-3-5-14/h1-5,10-11,13,15H,6-9,12H2,(H2,20,21,22). The van der Waals surface area contributed by atoms with E-state index in [1.165, 1.54) is 18.4 Å². The molecule has 2 amide bonds. The zero-order valence-corrected chi connectivity index (χ0v) is 13.8. The van der Waals surface area contributed by atoms with Gasteiger partial charge in [0.25, 0.3) is 0 Å². The largest absolute Gasteiger partial charge is 0.337 e. The normalized spacial score (nSPS) is 19.8. The molecule has 4 nitrogen and oxygen atoms in total. The lowest BCUT2D eigenvalue weighted by Crippen LogP contribution is -2.42. The van der Waals surface area contributed by atoms with Crippen LogP contribution in [0.5, 0.6) is 0 Å². The SMILES string of the molecule is O=C(NCC1(c2ccccc2)CC1)NC(c1nccs1)C1CC1. The van der Waals surface area contributed by atoms with Crippen molar-refractivity contribution in [1.82, 2.24) is 15.6 Å². The predicted octanol–water partition coefficient (Wildman–Crippen LogP) is 3.63. The molecule has 2 aliphatic carbocycles. The highest BCUT2D eigenvalue weighted by atomic mass is 32.1. The first-order valence-corrected chi connectivity index (χ1v) is 9.14. The van der Waals surface area contributed by atoms with Crippen molar-refractivity contribution < 1.29 is 4.79 Å². The van der Waals surface area contributed by atoms with Crippen molar-refractivity contribution in [2.24, 2.45) is 5.92 Å². The van der Waals surface area contributed by atoms with Gasteiger partial charge in [-0.1, -0.05) is 30.3 Å². The van der Waals surface area contributed by atoms with Crippen LogP contribution in [0.1, 0.15) is 42.3 Å². The first-order valence-electron chi connectivity index (χ1n) is 8.26. The number of carbonyl (C=O) groups is 1. The Balaban J connectivity index is 1.35. The Morgan fingerprint density at radius 1 is 1.30 bits per heavy atom. The van der Waals surface area contributed by atoms with Crippen molar-refractivity contribution in [2.45, 2.75) is 37.1 Å². The van der Waals surface area contributed by atoms with Crippen LogP contribution in [0.25, 0.3) is 0 Å². The fourth-order valence-corrected chi connectivity index (χ4v) is 3.93. The minimum Gasteiger partial charge on any atom is -0.337 e. The molecule has 23 heavy (non-hydrogen) atoms. The Bertz CT molecular complexity index is 663. The number of nitrogens with one attached hydrogen (secondary N) is 2. The highest BCUT2D eigenvalue weighted by Crippen LogP contribution is 2.47. The summed E-state index contributed by atoms with van der Waals surface area (Å²) in [4.78, 5) is 16.7. The number of thiazole rings is 1. The Kier molecular flexibility index (Phi) is 3.81. The molecule has 2 aromatic rings. The third kappa shape index (κ3) is 3.24. The number of hydrogen-bond acceptors (Lipinski definition) is 3. The molecule has 1 aromatic heterocycles. The number of nitrogens with zero attached hydrogens (tertiary/aromatic N) is 1. The summed E-state index contributed by atoms with van der Waals surface area (Å²) in [7, 11) is 0. The van der Waals surface area contributed by atoms with Gasteiger partial charge in [-0.3, -0.25) is 0 Å². The third-order valence-electron chi connectivity index (χ3n) is 4.92. The monoisotopic (exact) mass is 327 g/mol. The molecule has 1 heterocycles. The molecule has 0 saturated heterocycles. The van der Waals surface area contributed by atoms with E-state index in [1.54, 1.807) is 11.3 Å². The zero-order chi connectivity index (χ0) is 15.7. The lowest BCUT2D eigenvalue weighted by Gasteiger charge is -2.20. The van der Waals surface area contributed by atoms with Gasteiger partial charge in [0.05, 0.1) is 6.04 Å². The Morgan fingerprint density at radius 2 is 2.09 bits per heavy atom. The molecule has 0 radical (unpaired) electrons. The summed E-state index contributed by atoms with van der Waals surface area (Å²) in [5.41, 5.74) is 1.48. The highest BCUT2D eigenvalue weighted by Gasteiger charge is 2.44. The van der Waals surface area contributed by atoms with Crippen LogP contribution >= 0.6 is 11.3 Å². The Morgan fingerprint density at radius 3 is 2.70 bits per heavy atom. The molecule has 1 unspecified atom stereocenters. The van der Waals surface area contributed by atoms with E-state index in [1.807, 2.05) is 17.6 Å². The summed E-state index contributed by atoms with van der Waals surface area (Å²) in [6, 6.07) is 10.5. The van der Waals surface area contributed by atoms with Gasteiger partial charge in [0, 0.05) is 23.5 Å². The summed E-state index contributed by atoms with van der Waals surface area (Å²) >= 11 is 1.62. The average molecular weight is 327 g/mol. The lowest BCUT2D eigenvalue weighted by molar-refractivity contribution is 0.234. The second kappa shape index (κ2) is 5.96. The molecule has 1 atom stereocenters. The van der Waals surface area contributed by atoms with Crippen molar-refractivity contribution in [2.75, 3.05) is 6.54 Å². The van der Waals surface area contributed by atoms with E-state index in [2.05, 4.69) is 39.9 Å². The summed E-state index contributed by atoms with van der Waals surface area (Å²) in [5.74, 6) is 0.552. The quantitative estimate of drug-likeness (QED) is 0.851.